The summed E-state index contributed by atoms with van der Waals surface area (Å²) in [7, 11) is 0. The van der Waals surface area contributed by atoms with Gasteiger partial charge in [0, 0.05) is 6.04 Å². The molecule has 2 aromatic rings. The van der Waals surface area contributed by atoms with Crippen molar-refractivity contribution >= 4 is 11.9 Å². The topological polar surface area (TPSA) is 64.6 Å². The first kappa shape index (κ1) is 18.0. The number of carbonyl (C=O) groups excluding carboxylic acids is 2. The molecular weight excluding hydrogens is 330 g/mol. The number of ether oxygens (including phenoxy) is 2. The molecule has 0 heterocycles. The van der Waals surface area contributed by atoms with E-state index >= 15 is 0 Å². The van der Waals surface area contributed by atoms with Crippen LogP contribution in [0.4, 0.5) is 0 Å². The zero-order chi connectivity index (χ0) is 18.4. The molecule has 0 bridgehead atoms. The van der Waals surface area contributed by atoms with E-state index in [0.717, 1.165) is 18.4 Å². The van der Waals surface area contributed by atoms with Crippen LogP contribution >= 0.6 is 0 Å². The molecule has 3 rings (SSSR count). The molecule has 0 aromatic heterocycles. The Morgan fingerprint density at radius 1 is 1.08 bits per heavy atom. The van der Waals surface area contributed by atoms with E-state index in [1.807, 2.05) is 37.3 Å². The van der Waals surface area contributed by atoms with Gasteiger partial charge in [-0.05, 0) is 55.5 Å². The number of hydrogen-bond acceptors (Lipinski definition) is 4. The fraction of sp³-hybridized carbons (Fsp3) is 0.333. The maximum Gasteiger partial charge on any atom is 0.338 e. The molecule has 1 amide bonds. The minimum Gasteiger partial charge on any atom is -0.489 e. The van der Waals surface area contributed by atoms with Crippen LogP contribution in [0.3, 0.4) is 0 Å². The standard InChI is InChI=1S/C21H23NO4/c1-15(17-7-8-17)22-20(23)14-26-21(24)18-9-11-19(12-10-18)25-13-16-5-3-2-4-6-16/h2-6,9-12,15,17H,7-8,13-14H2,1H3,(H,22,23)/t15-/m1/s1. The molecule has 1 fully saturated rings. The van der Waals surface area contributed by atoms with E-state index in [1.54, 1.807) is 24.3 Å². The minimum absolute atomic E-state index is 0.141. The van der Waals surface area contributed by atoms with Crippen molar-refractivity contribution in [1.29, 1.82) is 0 Å². The van der Waals surface area contributed by atoms with Gasteiger partial charge in [0.25, 0.3) is 5.91 Å². The van der Waals surface area contributed by atoms with E-state index < -0.39 is 5.97 Å². The summed E-state index contributed by atoms with van der Waals surface area (Å²) in [4.78, 5) is 23.8. The summed E-state index contributed by atoms with van der Waals surface area (Å²) in [5, 5.41) is 2.85. The summed E-state index contributed by atoms with van der Waals surface area (Å²) in [6.07, 6.45) is 2.31. The average Bonchev–Trinajstić information content (AvgIpc) is 3.51. The number of carbonyl (C=O) groups is 2. The number of nitrogens with one attached hydrogen (secondary N) is 1. The molecule has 0 unspecified atom stereocenters. The van der Waals surface area contributed by atoms with Gasteiger partial charge in [-0.1, -0.05) is 30.3 Å². The molecule has 0 aliphatic heterocycles. The van der Waals surface area contributed by atoms with E-state index in [1.165, 1.54) is 0 Å². The van der Waals surface area contributed by atoms with Crippen molar-refractivity contribution in [2.24, 2.45) is 5.92 Å². The molecule has 1 aliphatic rings. The van der Waals surface area contributed by atoms with E-state index in [9.17, 15) is 9.59 Å². The van der Waals surface area contributed by atoms with Crippen molar-refractivity contribution in [3.63, 3.8) is 0 Å². The van der Waals surface area contributed by atoms with E-state index in [2.05, 4.69) is 5.32 Å². The van der Waals surface area contributed by atoms with Gasteiger partial charge in [0.15, 0.2) is 6.61 Å². The molecule has 1 atom stereocenters. The Labute approximate surface area is 153 Å². The summed E-state index contributed by atoms with van der Waals surface area (Å²) < 4.78 is 10.7. The van der Waals surface area contributed by atoms with Gasteiger partial charge in [-0.25, -0.2) is 4.79 Å². The van der Waals surface area contributed by atoms with Crippen molar-refractivity contribution in [2.45, 2.75) is 32.4 Å². The fourth-order valence-corrected chi connectivity index (χ4v) is 2.65. The van der Waals surface area contributed by atoms with Gasteiger partial charge in [0.1, 0.15) is 12.4 Å². The summed E-state index contributed by atoms with van der Waals surface area (Å²) in [5.74, 6) is 0.453. The Morgan fingerprint density at radius 3 is 2.42 bits per heavy atom. The van der Waals surface area contributed by atoms with E-state index in [-0.39, 0.29) is 18.6 Å². The fourth-order valence-electron chi connectivity index (χ4n) is 2.65. The number of esters is 1. The quantitative estimate of drug-likeness (QED) is 0.739. The lowest BCUT2D eigenvalue weighted by atomic mass is 10.2. The lowest BCUT2D eigenvalue weighted by Gasteiger charge is -2.12. The molecule has 1 saturated carbocycles. The van der Waals surface area contributed by atoms with Gasteiger partial charge >= 0.3 is 5.97 Å². The normalized spacial score (nSPS) is 14.3. The lowest BCUT2D eigenvalue weighted by molar-refractivity contribution is -0.124. The van der Waals surface area contributed by atoms with Crippen LogP contribution in [0.25, 0.3) is 0 Å². The second-order valence-corrected chi connectivity index (χ2v) is 6.57. The van der Waals surface area contributed by atoms with Crippen LogP contribution < -0.4 is 10.1 Å². The van der Waals surface area contributed by atoms with Gasteiger partial charge in [-0.2, -0.15) is 0 Å². The smallest absolute Gasteiger partial charge is 0.338 e. The first-order valence-corrected chi connectivity index (χ1v) is 8.85. The summed E-state index contributed by atoms with van der Waals surface area (Å²) in [5.41, 5.74) is 1.46. The number of rotatable bonds is 8. The zero-order valence-corrected chi connectivity index (χ0v) is 14.8. The van der Waals surface area contributed by atoms with Gasteiger partial charge < -0.3 is 14.8 Å². The van der Waals surface area contributed by atoms with Crippen LogP contribution in [-0.4, -0.2) is 24.5 Å². The molecule has 5 heteroatoms. The van der Waals surface area contributed by atoms with E-state index in [4.69, 9.17) is 9.47 Å². The Balaban J connectivity index is 1.43. The molecule has 5 nitrogen and oxygen atoms in total. The second-order valence-electron chi connectivity index (χ2n) is 6.57. The maximum atomic E-state index is 12.0. The molecular formula is C21H23NO4. The highest BCUT2D eigenvalue weighted by atomic mass is 16.5. The van der Waals surface area contributed by atoms with Crippen LogP contribution in [0.1, 0.15) is 35.7 Å². The maximum absolute atomic E-state index is 12.0. The molecule has 136 valence electrons. The van der Waals surface area contributed by atoms with Crippen molar-refractivity contribution in [2.75, 3.05) is 6.61 Å². The van der Waals surface area contributed by atoms with Crippen LogP contribution in [0.15, 0.2) is 54.6 Å². The third kappa shape index (κ3) is 5.34. The molecule has 26 heavy (non-hydrogen) atoms. The first-order chi connectivity index (χ1) is 12.6. The Kier molecular flexibility index (Phi) is 5.89. The van der Waals surface area contributed by atoms with Gasteiger partial charge in [0.2, 0.25) is 0 Å². The average molecular weight is 353 g/mol. The predicted molar refractivity (Wildman–Crippen MR) is 97.8 cm³/mol. The number of amides is 1. The summed E-state index contributed by atoms with van der Waals surface area (Å²) >= 11 is 0. The van der Waals surface area contributed by atoms with Crippen molar-refractivity contribution < 1.29 is 19.1 Å². The zero-order valence-electron chi connectivity index (χ0n) is 14.8. The highest BCUT2D eigenvalue weighted by molar-refractivity contribution is 5.91. The van der Waals surface area contributed by atoms with Crippen LogP contribution in [0, 0.1) is 5.92 Å². The Morgan fingerprint density at radius 2 is 1.77 bits per heavy atom. The van der Waals surface area contributed by atoms with Crippen molar-refractivity contribution in [3.8, 4) is 5.75 Å². The van der Waals surface area contributed by atoms with Crippen molar-refractivity contribution in [1.82, 2.24) is 5.32 Å². The monoisotopic (exact) mass is 353 g/mol. The van der Waals surface area contributed by atoms with Crippen LogP contribution in [0.2, 0.25) is 0 Å². The number of hydrogen-bond donors (Lipinski definition) is 1. The van der Waals surface area contributed by atoms with Gasteiger partial charge in [-0.3, -0.25) is 4.79 Å². The summed E-state index contributed by atoms with van der Waals surface area (Å²) in [6, 6.07) is 16.7. The van der Waals surface area contributed by atoms with Gasteiger partial charge in [0.05, 0.1) is 5.56 Å². The second kappa shape index (κ2) is 8.52. The van der Waals surface area contributed by atoms with Crippen LogP contribution in [-0.2, 0) is 16.1 Å². The first-order valence-electron chi connectivity index (χ1n) is 8.85. The van der Waals surface area contributed by atoms with Crippen LogP contribution in [0.5, 0.6) is 5.75 Å². The van der Waals surface area contributed by atoms with Crippen molar-refractivity contribution in [3.05, 3.63) is 65.7 Å². The largest absolute Gasteiger partial charge is 0.489 e. The highest BCUT2D eigenvalue weighted by Crippen LogP contribution is 2.32. The Bertz CT molecular complexity index is 738. The molecule has 1 aliphatic carbocycles. The highest BCUT2D eigenvalue weighted by Gasteiger charge is 2.29. The minimum atomic E-state index is -0.520. The Hall–Kier alpha value is -2.82. The van der Waals surface area contributed by atoms with E-state index in [0.29, 0.717) is 23.8 Å². The molecule has 2 aromatic carbocycles. The predicted octanol–water partition coefficient (Wildman–Crippen LogP) is 3.34. The molecule has 0 spiro atoms. The summed E-state index contributed by atoms with van der Waals surface area (Å²) in [6.45, 7) is 2.18. The lowest BCUT2D eigenvalue weighted by Crippen LogP contribution is -2.37. The van der Waals surface area contributed by atoms with Gasteiger partial charge in [-0.15, -0.1) is 0 Å². The number of benzene rings is 2. The molecule has 1 N–H and O–H groups in total. The SMILES string of the molecule is C[C@@H](NC(=O)COC(=O)c1ccc(OCc2ccccc2)cc1)C1CC1. The molecule has 0 saturated heterocycles. The molecule has 0 radical (unpaired) electrons. The third-order valence-corrected chi connectivity index (χ3v) is 4.39. The third-order valence-electron chi connectivity index (χ3n) is 4.39.